The summed E-state index contributed by atoms with van der Waals surface area (Å²) in [6.45, 7) is 3.68. The van der Waals surface area contributed by atoms with E-state index < -0.39 is 40.5 Å². The lowest BCUT2D eigenvalue weighted by Gasteiger charge is -2.16. The summed E-state index contributed by atoms with van der Waals surface area (Å²) in [5.74, 6) is -4.17. The van der Waals surface area contributed by atoms with Gasteiger partial charge in [0.2, 0.25) is 11.2 Å². The molecule has 0 spiro atoms. The minimum atomic E-state index is -5.05. The van der Waals surface area contributed by atoms with Crippen LogP contribution in [0.1, 0.15) is 41.4 Å². The van der Waals surface area contributed by atoms with Gasteiger partial charge in [-0.05, 0) is 53.9 Å². The summed E-state index contributed by atoms with van der Waals surface area (Å²) >= 11 is 0. The van der Waals surface area contributed by atoms with E-state index in [1.54, 1.807) is 18.2 Å². The lowest BCUT2D eigenvalue weighted by atomic mass is 10.0. The van der Waals surface area contributed by atoms with Crippen LogP contribution in [0.2, 0.25) is 0 Å². The van der Waals surface area contributed by atoms with Crippen molar-refractivity contribution >= 4 is 16.9 Å². The summed E-state index contributed by atoms with van der Waals surface area (Å²) in [6.07, 6.45) is -5.05. The summed E-state index contributed by atoms with van der Waals surface area (Å²) < 4.78 is 70.3. The Morgan fingerprint density at radius 1 is 0.971 bits per heavy atom. The van der Waals surface area contributed by atoms with Gasteiger partial charge < -0.3 is 13.9 Å². The lowest BCUT2D eigenvalue weighted by molar-refractivity contribution is -0.154. The Morgan fingerprint density at radius 2 is 1.66 bits per heavy atom. The molecule has 0 fully saturated rings. The standard InChI is InChI=1S/C26H18F4O5/c1-14(2)18-5-3-4-6-20(18)34-23-22(31)19-12-11-17(13-21(19)35-24(23)26(28,29)30)33-25(32)15-7-9-16(27)10-8-15/h3-14H,1-2H3. The van der Waals surface area contributed by atoms with Crippen LogP contribution in [0.5, 0.6) is 17.2 Å². The van der Waals surface area contributed by atoms with Gasteiger partial charge in [-0.3, -0.25) is 4.79 Å². The molecule has 0 unspecified atom stereocenters. The normalized spacial score (nSPS) is 11.6. The van der Waals surface area contributed by atoms with Gasteiger partial charge in [0.1, 0.15) is 22.9 Å². The van der Waals surface area contributed by atoms with E-state index in [0.717, 1.165) is 18.2 Å². The van der Waals surface area contributed by atoms with Gasteiger partial charge >= 0.3 is 12.1 Å². The van der Waals surface area contributed by atoms with Crippen LogP contribution >= 0.6 is 0 Å². The van der Waals surface area contributed by atoms with Crippen LogP contribution in [-0.2, 0) is 6.18 Å². The van der Waals surface area contributed by atoms with Crippen molar-refractivity contribution in [3.8, 4) is 17.2 Å². The van der Waals surface area contributed by atoms with Gasteiger partial charge in [-0.25, -0.2) is 9.18 Å². The van der Waals surface area contributed by atoms with Crippen molar-refractivity contribution in [2.24, 2.45) is 0 Å². The molecule has 3 aromatic carbocycles. The monoisotopic (exact) mass is 486 g/mol. The molecule has 0 saturated heterocycles. The van der Waals surface area contributed by atoms with Gasteiger partial charge in [0.15, 0.2) is 0 Å². The Kier molecular flexibility index (Phi) is 6.34. The number of benzene rings is 3. The molecule has 35 heavy (non-hydrogen) atoms. The average molecular weight is 486 g/mol. The molecule has 1 aromatic heterocycles. The Hall–Kier alpha value is -4.14. The summed E-state index contributed by atoms with van der Waals surface area (Å²) in [5, 5.41) is -0.198. The number of esters is 1. The zero-order valence-electron chi connectivity index (χ0n) is 18.5. The van der Waals surface area contributed by atoms with Crippen LogP contribution in [0.3, 0.4) is 0 Å². The number of para-hydroxylation sites is 1. The molecule has 0 aliphatic heterocycles. The SMILES string of the molecule is CC(C)c1ccccc1Oc1c(C(F)(F)F)oc2cc(OC(=O)c3ccc(F)cc3)ccc2c1=O. The first-order chi connectivity index (χ1) is 16.5. The molecule has 0 atom stereocenters. The number of carbonyl (C=O) groups excluding carboxylic acids is 1. The molecule has 0 radical (unpaired) electrons. The second-order valence-corrected chi connectivity index (χ2v) is 7.94. The Bertz CT molecular complexity index is 1450. The van der Waals surface area contributed by atoms with Crippen LogP contribution in [0.15, 0.2) is 75.9 Å². The van der Waals surface area contributed by atoms with Gasteiger partial charge in [-0.1, -0.05) is 32.0 Å². The van der Waals surface area contributed by atoms with E-state index in [9.17, 15) is 27.2 Å². The Labute approximate surface area is 196 Å². The second kappa shape index (κ2) is 9.25. The van der Waals surface area contributed by atoms with E-state index in [4.69, 9.17) is 13.9 Å². The maximum Gasteiger partial charge on any atom is 0.453 e. The molecule has 9 heteroatoms. The maximum atomic E-state index is 13.9. The Morgan fingerprint density at radius 3 is 2.31 bits per heavy atom. The van der Waals surface area contributed by atoms with Crippen LogP contribution in [0.4, 0.5) is 17.6 Å². The fraction of sp³-hybridized carbons (Fsp3) is 0.154. The molecule has 0 saturated carbocycles. The predicted molar refractivity (Wildman–Crippen MR) is 119 cm³/mol. The molecule has 5 nitrogen and oxygen atoms in total. The summed E-state index contributed by atoms with van der Waals surface area (Å²) in [5.41, 5.74) is -0.843. The maximum absolute atomic E-state index is 13.9. The van der Waals surface area contributed by atoms with Gasteiger partial charge in [-0.15, -0.1) is 0 Å². The molecule has 0 bridgehead atoms. The number of alkyl halides is 3. The van der Waals surface area contributed by atoms with E-state index in [-0.39, 0.29) is 28.4 Å². The fourth-order valence-corrected chi connectivity index (χ4v) is 3.41. The van der Waals surface area contributed by atoms with Crippen molar-refractivity contribution in [2.75, 3.05) is 0 Å². The van der Waals surface area contributed by atoms with Crippen LogP contribution in [0, 0.1) is 5.82 Å². The van der Waals surface area contributed by atoms with Gasteiger partial charge in [0.25, 0.3) is 5.76 Å². The van der Waals surface area contributed by atoms with Gasteiger partial charge in [0, 0.05) is 6.07 Å². The molecule has 0 aliphatic carbocycles. The van der Waals surface area contributed by atoms with Crippen LogP contribution in [0.25, 0.3) is 11.0 Å². The number of hydrogen-bond acceptors (Lipinski definition) is 5. The van der Waals surface area contributed by atoms with Gasteiger partial charge in [0.05, 0.1) is 10.9 Å². The van der Waals surface area contributed by atoms with E-state index in [2.05, 4.69) is 0 Å². The van der Waals surface area contributed by atoms with Crippen molar-refractivity contribution in [3.05, 3.63) is 99.7 Å². The molecular weight excluding hydrogens is 468 g/mol. The molecule has 0 aliphatic rings. The number of carbonyl (C=O) groups is 1. The third-order valence-electron chi connectivity index (χ3n) is 5.12. The molecule has 4 rings (SSSR count). The average Bonchev–Trinajstić information content (AvgIpc) is 2.80. The molecule has 0 N–H and O–H groups in total. The predicted octanol–water partition coefficient (Wildman–Crippen LogP) is 7.09. The summed E-state index contributed by atoms with van der Waals surface area (Å²) in [4.78, 5) is 25.3. The smallest absolute Gasteiger partial charge is 0.449 e. The van der Waals surface area contributed by atoms with E-state index in [0.29, 0.717) is 5.56 Å². The zero-order valence-corrected chi connectivity index (χ0v) is 18.5. The summed E-state index contributed by atoms with van der Waals surface area (Å²) in [6, 6.07) is 14.4. The number of ether oxygens (including phenoxy) is 2. The van der Waals surface area contributed by atoms with Crippen molar-refractivity contribution in [3.63, 3.8) is 0 Å². The first kappa shape index (κ1) is 24.0. The third-order valence-corrected chi connectivity index (χ3v) is 5.12. The van der Waals surface area contributed by atoms with Crippen molar-refractivity contribution < 1.29 is 36.2 Å². The number of fused-ring (bicyclic) bond motifs is 1. The first-order valence-corrected chi connectivity index (χ1v) is 10.5. The first-order valence-electron chi connectivity index (χ1n) is 10.5. The molecular formula is C26H18F4O5. The minimum Gasteiger partial charge on any atom is -0.449 e. The highest BCUT2D eigenvalue weighted by Crippen LogP contribution is 2.40. The van der Waals surface area contributed by atoms with Crippen LogP contribution < -0.4 is 14.9 Å². The highest BCUT2D eigenvalue weighted by Gasteiger charge is 2.40. The number of hydrogen-bond donors (Lipinski definition) is 0. The van der Waals surface area contributed by atoms with E-state index >= 15 is 0 Å². The number of rotatable bonds is 5. The third kappa shape index (κ3) is 5.03. The topological polar surface area (TPSA) is 65.7 Å². The number of halogens is 4. The minimum absolute atomic E-state index is 0.0245. The van der Waals surface area contributed by atoms with Crippen molar-refractivity contribution in [1.82, 2.24) is 0 Å². The highest BCUT2D eigenvalue weighted by molar-refractivity contribution is 5.91. The van der Waals surface area contributed by atoms with E-state index in [1.807, 2.05) is 13.8 Å². The molecule has 4 aromatic rings. The lowest BCUT2D eigenvalue weighted by Crippen LogP contribution is -2.16. The second-order valence-electron chi connectivity index (χ2n) is 7.94. The van der Waals surface area contributed by atoms with Gasteiger partial charge in [-0.2, -0.15) is 13.2 Å². The molecule has 0 amide bonds. The van der Waals surface area contributed by atoms with E-state index in [1.165, 1.54) is 30.3 Å². The summed E-state index contributed by atoms with van der Waals surface area (Å²) in [7, 11) is 0. The fourth-order valence-electron chi connectivity index (χ4n) is 3.41. The Balaban J connectivity index is 1.77. The van der Waals surface area contributed by atoms with Crippen LogP contribution in [-0.4, -0.2) is 5.97 Å². The molecule has 180 valence electrons. The molecule has 1 heterocycles. The quantitative estimate of drug-likeness (QED) is 0.171. The largest absolute Gasteiger partial charge is 0.453 e. The van der Waals surface area contributed by atoms with Crippen molar-refractivity contribution in [2.45, 2.75) is 25.9 Å². The van der Waals surface area contributed by atoms with Crippen molar-refractivity contribution in [1.29, 1.82) is 0 Å². The highest BCUT2D eigenvalue weighted by atomic mass is 19.4. The zero-order chi connectivity index (χ0) is 25.3.